The topological polar surface area (TPSA) is 79.1 Å². The van der Waals surface area contributed by atoms with Crippen molar-refractivity contribution >= 4 is 17.3 Å². The van der Waals surface area contributed by atoms with Crippen molar-refractivity contribution in [3.63, 3.8) is 0 Å². The maximum absolute atomic E-state index is 6.30. The Kier molecular flexibility index (Phi) is 15.8. The van der Waals surface area contributed by atoms with Gasteiger partial charge in [0.15, 0.2) is 11.6 Å². The summed E-state index contributed by atoms with van der Waals surface area (Å²) in [6.07, 6.45) is 25.0. The maximum Gasteiger partial charge on any atom is 0.154 e. The highest BCUT2D eigenvalue weighted by atomic mass is 15.2. The second-order valence-corrected chi connectivity index (χ2v) is 9.84. The van der Waals surface area contributed by atoms with Gasteiger partial charge in [0.1, 0.15) is 12.0 Å². The lowest BCUT2D eigenvalue weighted by Gasteiger charge is -2.26. The molecule has 0 atom stereocenters. The Labute approximate surface area is 203 Å². The summed E-state index contributed by atoms with van der Waals surface area (Å²) in [6.45, 7) is 7.56. The Morgan fingerprint density at radius 1 is 0.697 bits per heavy atom. The normalized spacial score (nSPS) is 14.5. The molecule has 0 spiro atoms. The van der Waals surface area contributed by atoms with Crippen LogP contribution in [0.1, 0.15) is 116 Å². The number of nitrogens with zero attached hydrogens (tertiary/aromatic N) is 3. The largest absolute Gasteiger partial charge is 0.393 e. The van der Waals surface area contributed by atoms with Gasteiger partial charge in [-0.3, -0.25) is 0 Å². The van der Waals surface area contributed by atoms with E-state index in [1.807, 2.05) is 0 Å². The molecular formula is C27H52N6. The summed E-state index contributed by atoms with van der Waals surface area (Å²) in [5.74, 6) is 1.52. The van der Waals surface area contributed by atoms with Gasteiger partial charge in [-0.15, -0.1) is 0 Å². The van der Waals surface area contributed by atoms with E-state index in [9.17, 15) is 0 Å². The Balaban J connectivity index is 1.44. The number of hydrogen-bond acceptors (Lipinski definition) is 6. The van der Waals surface area contributed by atoms with Crippen molar-refractivity contribution in [3.05, 3.63) is 6.33 Å². The highest BCUT2D eigenvalue weighted by Crippen LogP contribution is 2.22. The van der Waals surface area contributed by atoms with Gasteiger partial charge in [0.05, 0.1) is 0 Å². The molecule has 2 rings (SSSR count). The third-order valence-electron chi connectivity index (χ3n) is 6.88. The van der Waals surface area contributed by atoms with Crippen molar-refractivity contribution in [2.75, 3.05) is 49.1 Å². The first kappa shape index (κ1) is 27.7. The third kappa shape index (κ3) is 13.0. The van der Waals surface area contributed by atoms with E-state index in [1.165, 1.54) is 122 Å². The zero-order valence-corrected chi connectivity index (χ0v) is 21.6. The van der Waals surface area contributed by atoms with Crippen LogP contribution in [-0.4, -0.2) is 47.6 Å². The van der Waals surface area contributed by atoms with E-state index in [1.54, 1.807) is 6.33 Å². The van der Waals surface area contributed by atoms with Gasteiger partial charge >= 0.3 is 0 Å². The van der Waals surface area contributed by atoms with Crippen molar-refractivity contribution in [2.24, 2.45) is 0 Å². The molecule has 1 fully saturated rings. The molecule has 0 unspecified atom stereocenters. The molecule has 1 saturated heterocycles. The van der Waals surface area contributed by atoms with Crippen LogP contribution in [-0.2, 0) is 0 Å². The number of hydrogen-bond donors (Lipinski definition) is 3. The molecule has 1 aromatic rings. The van der Waals surface area contributed by atoms with E-state index >= 15 is 0 Å². The highest BCUT2D eigenvalue weighted by Gasteiger charge is 2.11. The number of piperidine rings is 1. The summed E-state index contributed by atoms with van der Waals surface area (Å²) in [4.78, 5) is 11.2. The molecule has 6 heteroatoms. The smallest absolute Gasteiger partial charge is 0.154 e. The minimum Gasteiger partial charge on any atom is -0.393 e. The number of nitrogens with one attached hydrogen (secondary N) is 2. The molecule has 0 aliphatic carbocycles. The Morgan fingerprint density at radius 2 is 1.18 bits per heavy atom. The fourth-order valence-corrected chi connectivity index (χ4v) is 4.72. The van der Waals surface area contributed by atoms with Crippen molar-refractivity contribution in [1.82, 2.24) is 14.9 Å². The molecule has 6 nitrogen and oxygen atoms in total. The second kappa shape index (κ2) is 18.8. The molecule has 1 aliphatic rings. The van der Waals surface area contributed by atoms with Crippen LogP contribution < -0.4 is 16.4 Å². The van der Waals surface area contributed by atoms with Gasteiger partial charge in [0, 0.05) is 19.6 Å². The molecule has 0 amide bonds. The van der Waals surface area contributed by atoms with Crippen LogP contribution in [0.4, 0.5) is 17.3 Å². The van der Waals surface area contributed by atoms with Gasteiger partial charge in [0.2, 0.25) is 0 Å². The van der Waals surface area contributed by atoms with Crippen LogP contribution in [0, 0.1) is 0 Å². The number of unbranched alkanes of at least 4 members (excludes halogenated alkanes) is 13. The quantitative estimate of drug-likeness (QED) is 0.185. The monoisotopic (exact) mass is 460 g/mol. The molecule has 33 heavy (non-hydrogen) atoms. The molecular weight excluding hydrogens is 408 g/mol. The van der Waals surface area contributed by atoms with E-state index in [-0.39, 0.29) is 0 Å². The number of nitrogen functional groups attached to an aromatic ring is 1. The molecule has 1 aliphatic heterocycles. The standard InChI is InChI=1S/C27H52N6/c1-2-3-4-5-6-7-8-9-10-11-12-13-14-16-19-29-26-25(28)27(32-24-31-26)30-20-23-33-21-17-15-18-22-33/h24H,2-23,28H2,1H3,(H2,29,30,31,32). The number of aromatic nitrogens is 2. The van der Waals surface area contributed by atoms with Gasteiger partial charge in [0.25, 0.3) is 0 Å². The van der Waals surface area contributed by atoms with Crippen LogP contribution in [0.5, 0.6) is 0 Å². The number of rotatable bonds is 20. The van der Waals surface area contributed by atoms with E-state index in [4.69, 9.17) is 5.73 Å². The summed E-state index contributed by atoms with van der Waals surface area (Å²) in [7, 11) is 0. The van der Waals surface area contributed by atoms with Gasteiger partial charge in [-0.1, -0.05) is 96.8 Å². The lowest BCUT2D eigenvalue weighted by molar-refractivity contribution is 0.237. The minimum atomic E-state index is 0.640. The van der Waals surface area contributed by atoms with Crippen LogP contribution in [0.3, 0.4) is 0 Å². The molecule has 0 aromatic carbocycles. The predicted molar refractivity (Wildman–Crippen MR) is 144 cm³/mol. The number of likely N-dealkylation sites (tertiary alicyclic amines) is 1. The average Bonchev–Trinajstić information content (AvgIpc) is 2.84. The molecule has 1 aromatic heterocycles. The summed E-state index contributed by atoms with van der Waals surface area (Å²) >= 11 is 0. The number of anilines is 3. The van der Waals surface area contributed by atoms with E-state index in [0.29, 0.717) is 5.69 Å². The molecule has 0 radical (unpaired) electrons. The molecule has 190 valence electrons. The van der Waals surface area contributed by atoms with E-state index in [0.717, 1.165) is 31.3 Å². The Bertz CT molecular complexity index is 588. The first-order valence-corrected chi connectivity index (χ1v) is 14.1. The summed E-state index contributed by atoms with van der Waals surface area (Å²) < 4.78 is 0. The summed E-state index contributed by atoms with van der Waals surface area (Å²) in [6, 6.07) is 0. The zero-order chi connectivity index (χ0) is 23.4. The van der Waals surface area contributed by atoms with Gasteiger partial charge in [-0.05, 0) is 32.4 Å². The van der Waals surface area contributed by atoms with Gasteiger partial charge < -0.3 is 21.3 Å². The van der Waals surface area contributed by atoms with Crippen molar-refractivity contribution in [2.45, 2.75) is 116 Å². The first-order chi connectivity index (χ1) is 16.3. The van der Waals surface area contributed by atoms with Crippen molar-refractivity contribution in [1.29, 1.82) is 0 Å². The summed E-state index contributed by atoms with van der Waals surface area (Å²) in [5.41, 5.74) is 6.94. The maximum atomic E-state index is 6.30. The van der Waals surface area contributed by atoms with E-state index < -0.39 is 0 Å². The lowest BCUT2D eigenvalue weighted by Crippen LogP contribution is -2.33. The Morgan fingerprint density at radius 3 is 1.73 bits per heavy atom. The predicted octanol–water partition coefficient (Wildman–Crippen LogP) is 6.85. The number of nitrogens with two attached hydrogens (primary N) is 1. The molecule has 0 saturated carbocycles. The van der Waals surface area contributed by atoms with Gasteiger partial charge in [-0.25, -0.2) is 9.97 Å². The van der Waals surface area contributed by atoms with E-state index in [2.05, 4.69) is 32.4 Å². The first-order valence-electron chi connectivity index (χ1n) is 14.1. The van der Waals surface area contributed by atoms with Crippen LogP contribution in [0.2, 0.25) is 0 Å². The lowest BCUT2D eigenvalue weighted by atomic mass is 10.0. The molecule has 0 bridgehead atoms. The third-order valence-corrected chi connectivity index (χ3v) is 6.88. The zero-order valence-electron chi connectivity index (χ0n) is 21.6. The van der Waals surface area contributed by atoms with Crippen LogP contribution in [0.15, 0.2) is 6.33 Å². The second-order valence-electron chi connectivity index (χ2n) is 9.84. The summed E-state index contributed by atoms with van der Waals surface area (Å²) in [5, 5.41) is 6.81. The van der Waals surface area contributed by atoms with Crippen LogP contribution >= 0.6 is 0 Å². The fourth-order valence-electron chi connectivity index (χ4n) is 4.72. The SMILES string of the molecule is CCCCCCCCCCCCCCCCNc1ncnc(NCCN2CCCCC2)c1N. The highest BCUT2D eigenvalue weighted by molar-refractivity contribution is 5.73. The molecule has 2 heterocycles. The van der Waals surface area contributed by atoms with Crippen molar-refractivity contribution < 1.29 is 0 Å². The molecule has 4 N–H and O–H groups in total. The van der Waals surface area contributed by atoms with Gasteiger partial charge in [-0.2, -0.15) is 0 Å². The Hall–Kier alpha value is -1.56. The fraction of sp³-hybridized carbons (Fsp3) is 0.852. The van der Waals surface area contributed by atoms with Crippen molar-refractivity contribution in [3.8, 4) is 0 Å². The average molecular weight is 461 g/mol. The van der Waals surface area contributed by atoms with Crippen LogP contribution in [0.25, 0.3) is 0 Å². The minimum absolute atomic E-state index is 0.640.